The molecule has 1 aliphatic rings. The van der Waals surface area contributed by atoms with Crippen LogP contribution in [0.5, 0.6) is 0 Å². The van der Waals surface area contributed by atoms with Gasteiger partial charge in [0.15, 0.2) is 12.4 Å². The van der Waals surface area contributed by atoms with E-state index in [2.05, 4.69) is 29.3 Å². The molecular formula is C14H27O31S7-. The highest BCUT2D eigenvalue weighted by Crippen LogP contribution is 2.32. The van der Waals surface area contributed by atoms with E-state index in [4.69, 9.17) is 32.6 Å². The number of hydrogen-bond donors (Lipinski definition) is 6. The lowest BCUT2D eigenvalue weighted by Gasteiger charge is -2.44. The number of rotatable bonds is 24. The first-order valence-corrected chi connectivity index (χ1v) is 21.4. The van der Waals surface area contributed by atoms with Crippen molar-refractivity contribution in [2.75, 3.05) is 34.0 Å². The predicted molar refractivity (Wildman–Crippen MR) is 151 cm³/mol. The van der Waals surface area contributed by atoms with Crippen molar-refractivity contribution >= 4 is 73.8 Å². The molecular weight excluding hydrogens is 889 g/mol. The minimum atomic E-state index is -5.89. The van der Waals surface area contributed by atoms with E-state index in [1.807, 2.05) is 0 Å². The highest BCUT2D eigenvalue weighted by atomic mass is 32.3. The summed E-state index contributed by atoms with van der Waals surface area (Å²) in [5.41, 5.74) is 0. The maximum atomic E-state index is 11.7. The predicted octanol–water partition coefficient (Wildman–Crippen LogP) is -5.67. The molecule has 1 aliphatic heterocycles. The molecule has 0 aromatic heterocycles. The summed E-state index contributed by atoms with van der Waals surface area (Å²) in [4.78, 5) is 0. The molecule has 31 nitrogen and oxygen atoms in total. The number of hydrogen-bond acceptors (Lipinski definition) is 25. The minimum Gasteiger partial charge on any atom is -0.750 e. The smallest absolute Gasteiger partial charge is 0.397 e. The van der Waals surface area contributed by atoms with Crippen LogP contribution in [-0.4, -0.2) is 176 Å². The van der Waals surface area contributed by atoms with Crippen LogP contribution in [0.3, 0.4) is 0 Å². The van der Waals surface area contributed by atoms with Crippen molar-refractivity contribution in [3.05, 3.63) is 0 Å². The van der Waals surface area contributed by atoms with Crippen LogP contribution < -0.4 is 0 Å². The zero-order chi connectivity index (χ0) is 40.7. The Balaban J connectivity index is 3.85. The second kappa shape index (κ2) is 19.3. The average molecular weight is 916 g/mol. The maximum Gasteiger partial charge on any atom is 0.397 e. The van der Waals surface area contributed by atoms with Crippen molar-refractivity contribution in [3.8, 4) is 0 Å². The van der Waals surface area contributed by atoms with Gasteiger partial charge in [-0.3, -0.25) is 31.5 Å². The van der Waals surface area contributed by atoms with Crippen LogP contribution in [0, 0.1) is 0 Å². The fraction of sp³-hybridized carbons (Fsp3) is 1.00. The molecule has 0 aliphatic carbocycles. The second-order valence-corrected chi connectivity index (χ2v) is 16.0. The van der Waals surface area contributed by atoms with E-state index >= 15 is 0 Å². The SMILES string of the molecule is CO[C@@H]([C@H](OC)[C@@H](COS(=O)(=O)O)OS(=O)(=O)O)[C@@H](CO[C@@H]1O[C@H](COS(=O)(=O)O)[C@@H](OS(=O)[O-])[C@H](OS(=O)(=O)O)[C@H]1OS(=O)(=O)O)OS(=O)(=O)O. The van der Waals surface area contributed by atoms with E-state index in [0.29, 0.717) is 14.2 Å². The Hall–Kier alpha value is -0.870. The molecule has 0 radical (unpaired) electrons. The molecule has 0 aromatic rings. The third kappa shape index (κ3) is 19.6. The summed E-state index contributed by atoms with van der Waals surface area (Å²) in [6, 6.07) is 0. The molecule has 1 saturated heterocycles. The summed E-state index contributed by atoms with van der Waals surface area (Å²) >= 11 is -3.81. The quantitative estimate of drug-likeness (QED) is 0.0388. The van der Waals surface area contributed by atoms with Gasteiger partial charge in [-0.15, -0.1) is 0 Å². The Morgan fingerprint density at radius 2 is 1.04 bits per heavy atom. The Morgan fingerprint density at radius 1 is 0.615 bits per heavy atom. The van der Waals surface area contributed by atoms with Gasteiger partial charge in [-0.1, -0.05) is 0 Å². The van der Waals surface area contributed by atoms with Gasteiger partial charge in [-0.25, -0.2) is 29.3 Å². The lowest BCUT2D eigenvalue weighted by atomic mass is 9.99. The standard InChI is InChI=1S/C14H28O31S7/c1-35-9(10(36-2)8(43-50(26,27)28)5-39-48(20,21)22)7(42-49(23,24)25)3-37-14-13(45-52(32,33)34)12(44-51(29,30)31)11(41-46(15)16)6(40-14)4-38-47(17,18)19/h6-14H,3-5H2,1-2H3,(H,15,16)(H,17,18,19)(H,20,21,22)(H,23,24,25)(H,26,27,28)(H,29,30,31)(H,32,33,34)/p-1/t6-,7-,8-,9-,10-,11-,12+,13-,14-/m1/s1. The minimum absolute atomic E-state index is 0.649. The Kier molecular flexibility index (Phi) is 18.3. The van der Waals surface area contributed by atoms with E-state index < -0.39 is 149 Å². The molecule has 1 unspecified atom stereocenters. The van der Waals surface area contributed by atoms with Gasteiger partial charge >= 0.3 is 62.4 Å². The van der Waals surface area contributed by atoms with Crippen LogP contribution in [-0.2, 0) is 122 Å². The van der Waals surface area contributed by atoms with Gasteiger partial charge in [-0.05, 0) is 0 Å². The summed E-state index contributed by atoms with van der Waals surface area (Å²) in [6.07, 6.45) is -23.5. The van der Waals surface area contributed by atoms with Gasteiger partial charge in [0, 0.05) is 14.2 Å². The molecule has 38 heteroatoms. The molecule has 52 heavy (non-hydrogen) atoms. The van der Waals surface area contributed by atoms with Crippen LogP contribution in [0.15, 0.2) is 0 Å². The van der Waals surface area contributed by atoms with E-state index in [1.165, 1.54) is 0 Å². The summed E-state index contributed by atoms with van der Waals surface area (Å²) in [6.45, 7) is -4.83. The second-order valence-electron chi connectivity index (χ2n) is 9.07. The first kappa shape index (κ1) is 49.1. The number of ether oxygens (including phenoxy) is 4. The zero-order valence-electron chi connectivity index (χ0n) is 25.1. The summed E-state index contributed by atoms with van der Waals surface area (Å²) < 4.78 is 265. The topological polar surface area (TPSA) is 468 Å². The van der Waals surface area contributed by atoms with Crippen molar-refractivity contribution in [2.45, 2.75) is 55.1 Å². The van der Waals surface area contributed by atoms with E-state index in [1.54, 1.807) is 0 Å². The van der Waals surface area contributed by atoms with E-state index in [-0.39, 0.29) is 0 Å². The monoisotopic (exact) mass is 915 g/mol. The molecule has 0 amide bonds. The third-order valence-corrected chi connectivity index (χ3v) is 8.68. The van der Waals surface area contributed by atoms with Crippen LogP contribution in [0.25, 0.3) is 0 Å². The molecule has 10 atom stereocenters. The Labute approximate surface area is 296 Å². The molecule has 312 valence electrons. The van der Waals surface area contributed by atoms with Crippen LogP contribution in [0.4, 0.5) is 0 Å². The maximum absolute atomic E-state index is 11.7. The molecule has 1 heterocycles. The molecule has 1 fully saturated rings. The van der Waals surface area contributed by atoms with Crippen molar-refractivity contribution in [3.63, 3.8) is 0 Å². The van der Waals surface area contributed by atoms with Gasteiger partial charge < -0.3 is 23.5 Å². The van der Waals surface area contributed by atoms with Crippen molar-refractivity contribution < 1.29 is 135 Å². The van der Waals surface area contributed by atoms with Gasteiger partial charge in [0.2, 0.25) is 0 Å². The lowest BCUT2D eigenvalue weighted by molar-refractivity contribution is -0.292. The summed E-state index contributed by atoms with van der Waals surface area (Å²) in [5, 5.41) is 0. The average Bonchev–Trinajstić information content (AvgIpc) is 2.90. The first-order valence-electron chi connectivity index (χ1n) is 12.2. The molecule has 0 spiro atoms. The highest BCUT2D eigenvalue weighted by Gasteiger charge is 2.54. The third-order valence-electron chi connectivity index (χ3n) is 5.52. The Morgan fingerprint density at radius 3 is 1.40 bits per heavy atom. The molecule has 0 bridgehead atoms. The fourth-order valence-corrected chi connectivity index (χ4v) is 6.97. The summed E-state index contributed by atoms with van der Waals surface area (Å²) in [7, 11) is -32.7. The summed E-state index contributed by atoms with van der Waals surface area (Å²) in [5.74, 6) is 0. The van der Waals surface area contributed by atoms with Gasteiger partial charge in [-0.2, -0.15) is 50.5 Å². The van der Waals surface area contributed by atoms with Crippen LogP contribution in [0.1, 0.15) is 0 Å². The molecule has 0 aromatic carbocycles. The van der Waals surface area contributed by atoms with Crippen molar-refractivity contribution in [1.29, 1.82) is 0 Å². The highest BCUT2D eigenvalue weighted by molar-refractivity contribution is 7.82. The molecule has 0 saturated carbocycles. The largest absolute Gasteiger partial charge is 0.750 e. The first-order chi connectivity index (χ1) is 23.2. The van der Waals surface area contributed by atoms with Gasteiger partial charge in [0.05, 0.1) is 31.2 Å². The lowest BCUT2D eigenvalue weighted by Crippen LogP contribution is -2.63. The van der Waals surface area contributed by atoms with E-state index in [0.717, 1.165) is 0 Å². The Bertz CT molecular complexity index is 1850. The molecule has 1 rings (SSSR count). The number of methoxy groups -OCH3 is 2. The van der Waals surface area contributed by atoms with Crippen molar-refractivity contribution in [2.24, 2.45) is 0 Å². The normalized spacial score (nSPS) is 25.6. The van der Waals surface area contributed by atoms with Crippen molar-refractivity contribution in [1.82, 2.24) is 0 Å². The molecule has 6 N–H and O–H groups in total. The fourth-order valence-electron chi connectivity index (χ4n) is 4.00. The van der Waals surface area contributed by atoms with Crippen LogP contribution in [0.2, 0.25) is 0 Å². The zero-order valence-corrected chi connectivity index (χ0v) is 30.8. The van der Waals surface area contributed by atoms with Crippen LogP contribution >= 0.6 is 0 Å². The van der Waals surface area contributed by atoms with E-state index in [9.17, 15) is 72.9 Å². The van der Waals surface area contributed by atoms with Gasteiger partial charge in [0.25, 0.3) is 0 Å². The van der Waals surface area contributed by atoms with Gasteiger partial charge in [0.1, 0.15) is 42.7 Å².